The summed E-state index contributed by atoms with van der Waals surface area (Å²) in [5.74, 6) is 0.240. The lowest BCUT2D eigenvalue weighted by Gasteiger charge is -2.39. The molecule has 2 aromatic carbocycles. The van der Waals surface area contributed by atoms with Gasteiger partial charge in [-0.25, -0.2) is 8.42 Å². The molecule has 2 amide bonds. The van der Waals surface area contributed by atoms with Crippen LogP contribution >= 0.6 is 11.6 Å². The highest BCUT2D eigenvalue weighted by Gasteiger charge is 2.36. The Bertz CT molecular complexity index is 1290. The molecule has 9 nitrogen and oxygen atoms in total. The fraction of sp³-hybridized carbons (Fsp3) is 0.462. The second-order valence-electron chi connectivity index (χ2n) is 10.8. The summed E-state index contributed by atoms with van der Waals surface area (Å²) in [6.45, 7) is 7.89. The van der Waals surface area contributed by atoms with E-state index in [2.05, 4.69) is 5.32 Å². The average Bonchev–Trinajstić information content (AvgIpc) is 2.80. The summed E-state index contributed by atoms with van der Waals surface area (Å²) in [4.78, 5) is 28.4. The molecular formula is C26H33ClN4O5S. The molecule has 11 heteroatoms. The lowest BCUT2D eigenvalue weighted by molar-refractivity contribution is -0.134. The van der Waals surface area contributed by atoms with Gasteiger partial charge in [-0.05, 0) is 41.8 Å². The Morgan fingerprint density at radius 2 is 1.92 bits per heavy atom. The normalized spacial score (nSPS) is 18.8. The number of halogens is 1. The second-order valence-corrected chi connectivity index (χ2v) is 13.1. The number of carbonyl (C=O) groups excluding carboxylic acids is 2. The molecule has 0 aliphatic carbocycles. The summed E-state index contributed by atoms with van der Waals surface area (Å²) in [5, 5.41) is 3.18. The number of rotatable bonds is 6. The van der Waals surface area contributed by atoms with Crippen LogP contribution in [0, 0.1) is 5.41 Å². The van der Waals surface area contributed by atoms with Gasteiger partial charge in [-0.1, -0.05) is 38.4 Å². The summed E-state index contributed by atoms with van der Waals surface area (Å²) < 4.78 is 35.1. The van der Waals surface area contributed by atoms with Crippen LogP contribution in [0.25, 0.3) is 0 Å². The predicted molar refractivity (Wildman–Crippen MR) is 144 cm³/mol. The molecule has 0 bridgehead atoms. The Kier molecular flexibility index (Phi) is 7.73. The molecule has 37 heavy (non-hydrogen) atoms. The monoisotopic (exact) mass is 548 g/mol. The highest BCUT2D eigenvalue weighted by molar-refractivity contribution is 7.92. The van der Waals surface area contributed by atoms with Gasteiger partial charge < -0.3 is 15.0 Å². The number of piperazine rings is 1. The molecule has 1 N–H and O–H groups in total. The van der Waals surface area contributed by atoms with Crippen LogP contribution in [0.4, 0.5) is 11.4 Å². The number of ether oxygens (including phenoxy) is 1. The molecule has 0 saturated carbocycles. The molecule has 2 aliphatic heterocycles. The van der Waals surface area contributed by atoms with Gasteiger partial charge in [-0.15, -0.1) is 0 Å². The molecule has 0 spiro atoms. The van der Waals surface area contributed by atoms with Crippen molar-refractivity contribution < 1.29 is 22.7 Å². The van der Waals surface area contributed by atoms with Gasteiger partial charge >= 0.3 is 0 Å². The van der Waals surface area contributed by atoms with Crippen LogP contribution in [-0.2, 0) is 19.6 Å². The number of sulfonamides is 1. The molecule has 0 unspecified atom stereocenters. The van der Waals surface area contributed by atoms with E-state index in [9.17, 15) is 18.0 Å². The van der Waals surface area contributed by atoms with Crippen molar-refractivity contribution in [2.45, 2.75) is 38.2 Å². The number of hydrogen-bond acceptors (Lipinski definition) is 6. The summed E-state index contributed by atoms with van der Waals surface area (Å²) >= 11 is 6.11. The zero-order valence-corrected chi connectivity index (χ0v) is 23.1. The summed E-state index contributed by atoms with van der Waals surface area (Å²) in [6.07, 6.45) is -0.185. The Morgan fingerprint density at radius 3 is 2.59 bits per heavy atom. The molecule has 2 aromatic rings. The van der Waals surface area contributed by atoms with Crippen molar-refractivity contribution in [3.8, 4) is 5.75 Å². The van der Waals surface area contributed by atoms with Gasteiger partial charge in [0, 0.05) is 43.8 Å². The molecule has 1 fully saturated rings. The van der Waals surface area contributed by atoms with Gasteiger partial charge in [-0.2, -0.15) is 0 Å². The smallest absolute Gasteiger partial charge is 0.264 e. The maximum atomic E-state index is 13.8. The quantitative estimate of drug-likeness (QED) is 0.593. The first-order chi connectivity index (χ1) is 17.3. The van der Waals surface area contributed by atoms with E-state index in [1.807, 2.05) is 25.7 Å². The molecule has 1 atom stereocenters. The SMILES string of the molecule is CN1CCN(C[C@H]2CN(S(=O)(=O)c3cccc(Cl)c3)c3cc(NC(=O)CC(C)(C)C)ccc3O2)CC1=O. The van der Waals surface area contributed by atoms with Crippen LogP contribution in [0.5, 0.6) is 5.75 Å². The fourth-order valence-corrected chi connectivity index (χ4v) is 6.21. The molecule has 0 aromatic heterocycles. The third kappa shape index (κ3) is 6.55. The fourth-order valence-electron chi connectivity index (χ4n) is 4.40. The van der Waals surface area contributed by atoms with Crippen LogP contribution in [0.2, 0.25) is 5.02 Å². The highest BCUT2D eigenvalue weighted by atomic mass is 35.5. The van der Waals surface area contributed by atoms with Crippen molar-refractivity contribution in [1.29, 1.82) is 0 Å². The maximum Gasteiger partial charge on any atom is 0.264 e. The third-order valence-corrected chi connectivity index (χ3v) is 8.26. The number of amides is 2. The van der Waals surface area contributed by atoms with Crippen molar-refractivity contribution in [2.24, 2.45) is 5.41 Å². The van der Waals surface area contributed by atoms with Crippen molar-refractivity contribution in [3.05, 3.63) is 47.5 Å². The van der Waals surface area contributed by atoms with Crippen LogP contribution in [-0.4, -0.2) is 75.9 Å². The highest BCUT2D eigenvalue weighted by Crippen LogP contribution is 2.39. The third-order valence-electron chi connectivity index (χ3n) is 6.25. The number of benzene rings is 2. The zero-order chi connectivity index (χ0) is 27.0. The maximum absolute atomic E-state index is 13.8. The van der Waals surface area contributed by atoms with Crippen molar-refractivity contribution in [2.75, 3.05) is 49.4 Å². The van der Waals surface area contributed by atoms with Gasteiger partial charge in [-0.3, -0.25) is 18.8 Å². The van der Waals surface area contributed by atoms with E-state index in [-0.39, 0.29) is 35.2 Å². The summed E-state index contributed by atoms with van der Waals surface area (Å²) in [7, 11) is -2.23. The number of nitrogens with one attached hydrogen (secondary N) is 1. The Labute approximate surface area is 223 Å². The van der Waals surface area contributed by atoms with E-state index in [4.69, 9.17) is 16.3 Å². The predicted octanol–water partition coefficient (Wildman–Crippen LogP) is 3.45. The van der Waals surface area contributed by atoms with E-state index in [0.717, 1.165) is 0 Å². The summed E-state index contributed by atoms with van der Waals surface area (Å²) in [6, 6.07) is 11.1. The Balaban J connectivity index is 1.65. The van der Waals surface area contributed by atoms with Gasteiger partial charge in [0.2, 0.25) is 11.8 Å². The van der Waals surface area contributed by atoms with Gasteiger partial charge in [0.15, 0.2) is 0 Å². The number of likely N-dealkylation sites (N-methyl/N-ethyl adjacent to an activating group) is 1. The first kappa shape index (κ1) is 27.2. The number of hydrogen-bond donors (Lipinski definition) is 1. The van der Waals surface area contributed by atoms with E-state index >= 15 is 0 Å². The number of fused-ring (bicyclic) bond motifs is 1. The van der Waals surface area contributed by atoms with Gasteiger partial charge in [0.1, 0.15) is 11.9 Å². The largest absolute Gasteiger partial charge is 0.485 e. The minimum absolute atomic E-state index is 0.0153. The van der Waals surface area contributed by atoms with Crippen LogP contribution in [0.3, 0.4) is 0 Å². The number of nitrogens with zero attached hydrogens (tertiary/aromatic N) is 3. The summed E-state index contributed by atoms with van der Waals surface area (Å²) in [5.41, 5.74) is 0.617. The Hall–Kier alpha value is -2.82. The van der Waals surface area contributed by atoms with Gasteiger partial charge in [0.05, 0.1) is 23.7 Å². The first-order valence-electron chi connectivity index (χ1n) is 12.2. The molecule has 2 aliphatic rings. The van der Waals surface area contributed by atoms with Crippen LogP contribution < -0.4 is 14.4 Å². The molecule has 4 rings (SSSR count). The Morgan fingerprint density at radius 1 is 1.16 bits per heavy atom. The molecule has 1 saturated heterocycles. The topological polar surface area (TPSA) is 99.3 Å². The molecular weight excluding hydrogens is 516 g/mol. The zero-order valence-electron chi connectivity index (χ0n) is 21.5. The van der Waals surface area contributed by atoms with Gasteiger partial charge in [0.25, 0.3) is 10.0 Å². The molecule has 0 radical (unpaired) electrons. The second kappa shape index (κ2) is 10.5. The van der Waals surface area contributed by atoms with Crippen molar-refractivity contribution in [1.82, 2.24) is 9.80 Å². The van der Waals surface area contributed by atoms with E-state index in [0.29, 0.717) is 48.2 Å². The lowest BCUT2D eigenvalue weighted by Crippen LogP contribution is -2.54. The van der Waals surface area contributed by atoms with Crippen LogP contribution in [0.15, 0.2) is 47.4 Å². The minimum Gasteiger partial charge on any atom is -0.485 e. The lowest BCUT2D eigenvalue weighted by atomic mass is 9.92. The first-order valence-corrected chi connectivity index (χ1v) is 14.0. The van der Waals surface area contributed by atoms with Crippen LogP contribution in [0.1, 0.15) is 27.2 Å². The number of carbonyl (C=O) groups is 2. The number of anilines is 2. The molecule has 200 valence electrons. The van der Waals surface area contributed by atoms with E-state index in [1.165, 1.54) is 16.4 Å². The van der Waals surface area contributed by atoms with Crippen molar-refractivity contribution in [3.63, 3.8) is 0 Å². The van der Waals surface area contributed by atoms with Crippen molar-refractivity contribution >= 4 is 44.8 Å². The van der Waals surface area contributed by atoms with E-state index < -0.39 is 16.1 Å². The minimum atomic E-state index is -4.00. The van der Waals surface area contributed by atoms with E-state index in [1.54, 1.807) is 42.3 Å². The molecule has 2 heterocycles. The standard InChI is InChI=1S/C26H33ClN4O5S/c1-26(2,3)14-24(32)28-19-8-9-23-22(13-19)31(37(34,35)21-7-5-6-18(27)12-21)16-20(36-23)15-30-11-10-29(4)25(33)17-30/h5-9,12-13,20H,10-11,14-17H2,1-4H3,(H,28,32)/t20-/m0/s1. The average molecular weight is 549 g/mol.